The third kappa shape index (κ3) is 1.79. The minimum Gasteiger partial charge on any atom is -0.481 e. The van der Waals surface area contributed by atoms with Gasteiger partial charge in [0.15, 0.2) is 5.82 Å². The van der Waals surface area contributed by atoms with Gasteiger partial charge in [0.05, 0.1) is 21.9 Å². The molecule has 2 aromatic rings. The van der Waals surface area contributed by atoms with Crippen molar-refractivity contribution < 1.29 is 9.90 Å². The highest BCUT2D eigenvalue weighted by Gasteiger charge is 2.51. The van der Waals surface area contributed by atoms with Crippen LogP contribution in [0.2, 0.25) is 5.02 Å². The lowest BCUT2D eigenvalue weighted by atomic mass is 10.1. The SMILES string of the molecule is O=C(O)C1(Cn2nnnc2-c2sccc2Cl)CC1. The van der Waals surface area contributed by atoms with Crippen molar-refractivity contribution in [2.45, 2.75) is 19.4 Å². The number of thiophene rings is 1. The van der Waals surface area contributed by atoms with E-state index >= 15 is 0 Å². The summed E-state index contributed by atoms with van der Waals surface area (Å²) >= 11 is 7.47. The maximum Gasteiger partial charge on any atom is 0.311 e. The van der Waals surface area contributed by atoms with Crippen LogP contribution in [0.5, 0.6) is 0 Å². The Bertz CT molecular complexity index is 605. The molecule has 0 aromatic carbocycles. The molecule has 0 amide bonds. The van der Waals surface area contributed by atoms with Crippen molar-refractivity contribution in [3.63, 3.8) is 0 Å². The first-order chi connectivity index (χ1) is 8.62. The molecule has 8 heteroatoms. The van der Waals surface area contributed by atoms with Gasteiger partial charge in [-0.15, -0.1) is 16.4 Å². The largest absolute Gasteiger partial charge is 0.481 e. The number of aromatic nitrogens is 4. The molecule has 18 heavy (non-hydrogen) atoms. The van der Waals surface area contributed by atoms with Crippen molar-refractivity contribution in [1.82, 2.24) is 20.2 Å². The van der Waals surface area contributed by atoms with E-state index in [1.165, 1.54) is 16.0 Å². The molecule has 1 saturated carbocycles. The minimum atomic E-state index is -0.791. The van der Waals surface area contributed by atoms with Crippen LogP contribution in [0.1, 0.15) is 12.8 Å². The molecule has 94 valence electrons. The lowest BCUT2D eigenvalue weighted by molar-refractivity contribution is -0.144. The lowest BCUT2D eigenvalue weighted by Gasteiger charge is -2.10. The zero-order chi connectivity index (χ0) is 12.8. The number of halogens is 1. The van der Waals surface area contributed by atoms with Crippen molar-refractivity contribution in [2.24, 2.45) is 5.41 Å². The number of rotatable bonds is 4. The van der Waals surface area contributed by atoms with Crippen LogP contribution in [0.15, 0.2) is 11.4 Å². The summed E-state index contributed by atoms with van der Waals surface area (Å²) in [6.45, 7) is 0.291. The third-order valence-corrected chi connectivity index (χ3v) is 4.45. The molecule has 1 fully saturated rings. The Balaban J connectivity index is 1.94. The molecule has 1 N–H and O–H groups in total. The van der Waals surface area contributed by atoms with Gasteiger partial charge in [-0.1, -0.05) is 11.6 Å². The smallest absolute Gasteiger partial charge is 0.311 e. The highest BCUT2D eigenvalue weighted by molar-refractivity contribution is 7.14. The number of hydrogen-bond acceptors (Lipinski definition) is 5. The summed E-state index contributed by atoms with van der Waals surface area (Å²) in [7, 11) is 0. The van der Waals surface area contributed by atoms with Crippen LogP contribution in [0, 0.1) is 5.41 Å². The van der Waals surface area contributed by atoms with E-state index in [-0.39, 0.29) is 0 Å². The van der Waals surface area contributed by atoms with Crippen molar-refractivity contribution in [3.05, 3.63) is 16.5 Å². The third-order valence-electron chi connectivity index (χ3n) is 3.11. The second-order valence-corrected chi connectivity index (χ2v) is 5.67. The summed E-state index contributed by atoms with van der Waals surface area (Å²) in [5, 5.41) is 23.0. The first-order valence-corrected chi connectivity index (χ1v) is 6.61. The van der Waals surface area contributed by atoms with E-state index in [2.05, 4.69) is 15.5 Å². The number of carbonyl (C=O) groups is 1. The number of carboxylic acids is 1. The average molecular weight is 285 g/mol. The van der Waals surface area contributed by atoms with Gasteiger partial charge in [0.2, 0.25) is 0 Å². The van der Waals surface area contributed by atoms with Crippen LogP contribution in [0.3, 0.4) is 0 Å². The Hall–Kier alpha value is -1.47. The van der Waals surface area contributed by atoms with Crippen molar-refractivity contribution in [2.75, 3.05) is 0 Å². The predicted octanol–water partition coefficient (Wildman–Crippen LogP) is 1.92. The molecule has 0 aliphatic heterocycles. The molecule has 0 radical (unpaired) electrons. The molecule has 6 nitrogen and oxygen atoms in total. The number of tetrazole rings is 1. The highest BCUT2D eigenvalue weighted by Crippen LogP contribution is 2.47. The second kappa shape index (κ2) is 4.03. The summed E-state index contributed by atoms with van der Waals surface area (Å²) in [6.07, 6.45) is 1.33. The molecule has 2 aromatic heterocycles. The first-order valence-electron chi connectivity index (χ1n) is 5.35. The van der Waals surface area contributed by atoms with E-state index in [1.54, 1.807) is 6.07 Å². The lowest BCUT2D eigenvalue weighted by Crippen LogP contribution is -2.22. The van der Waals surface area contributed by atoms with E-state index in [0.717, 1.165) is 4.88 Å². The van der Waals surface area contributed by atoms with Gasteiger partial charge in [-0.25, -0.2) is 4.68 Å². The van der Waals surface area contributed by atoms with E-state index in [0.29, 0.717) is 30.2 Å². The molecule has 1 aliphatic carbocycles. The summed E-state index contributed by atoms with van der Waals surface area (Å²) in [4.78, 5) is 11.9. The number of nitrogens with zero attached hydrogens (tertiary/aromatic N) is 4. The average Bonchev–Trinajstić information content (AvgIpc) is 2.77. The Labute approximate surface area is 111 Å². The van der Waals surface area contributed by atoms with E-state index in [9.17, 15) is 9.90 Å². The Morgan fingerprint density at radius 3 is 2.94 bits per heavy atom. The molecule has 0 unspecified atom stereocenters. The van der Waals surface area contributed by atoms with Gasteiger partial charge in [-0.05, 0) is 34.7 Å². The molecular weight excluding hydrogens is 276 g/mol. The molecule has 1 aliphatic rings. The maximum atomic E-state index is 11.2. The number of carboxylic acid groups (broad SMARTS) is 1. The van der Waals surface area contributed by atoms with Crippen molar-refractivity contribution in [3.8, 4) is 10.7 Å². The zero-order valence-electron chi connectivity index (χ0n) is 9.21. The fraction of sp³-hybridized carbons (Fsp3) is 0.400. The summed E-state index contributed by atoms with van der Waals surface area (Å²) in [6, 6.07) is 1.77. The molecule has 0 atom stereocenters. The number of aliphatic carboxylic acids is 1. The van der Waals surface area contributed by atoms with Crippen LogP contribution < -0.4 is 0 Å². The van der Waals surface area contributed by atoms with Gasteiger partial charge >= 0.3 is 5.97 Å². The minimum absolute atomic E-state index is 0.291. The summed E-state index contributed by atoms with van der Waals surface area (Å²) < 4.78 is 1.53. The molecular formula is C10H9ClN4O2S. The van der Waals surface area contributed by atoms with E-state index in [1.807, 2.05) is 5.38 Å². The monoisotopic (exact) mass is 284 g/mol. The first kappa shape index (κ1) is 11.6. The quantitative estimate of drug-likeness (QED) is 0.928. The van der Waals surface area contributed by atoms with Crippen LogP contribution in [0.4, 0.5) is 0 Å². The van der Waals surface area contributed by atoms with Crippen molar-refractivity contribution >= 4 is 28.9 Å². The molecule has 0 saturated heterocycles. The van der Waals surface area contributed by atoms with Gasteiger partial charge in [0.25, 0.3) is 0 Å². The number of hydrogen-bond donors (Lipinski definition) is 1. The van der Waals surface area contributed by atoms with Gasteiger partial charge in [0, 0.05) is 0 Å². The van der Waals surface area contributed by atoms with Gasteiger partial charge in [-0.2, -0.15) is 0 Å². The predicted molar refractivity (Wildman–Crippen MR) is 65.4 cm³/mol. The molecule has 3 rings (SSSR count). The Kier molecular flexibility index (Phi) is 2.60. The Morgan fingerprint density at radius 2 is 2.39 bits per heavy atom. The summed E-state index contributed by atoms with van der Waals surface area (Å²) in [5.41, 5.74) is -0.701. The molecule has 2 heterocycles. The van der Waals surface area contributed by atoms with E-state index < -0.39 is 11.4 Å². The molecule has 0 bridgehead atoms. The van der Waals surface area contributed by atoms with Crippen molar-refractivity contribution in [1.29, 1.82) is 0 Å². The van der Waals surface area contributed by atoms with Crippen LogP contribution in [-0.2, 0) is 11.3 Å². The van der Waals surface area contributed by atoms with Gasteiger partial charge < -0.3 is 5.11 Å². The summed E-state index contributed by atoms with van der Waals surface area (Å²) in [5.74, 6) is -0.260. The second-order valence-electron chi connectivity index (χ2n) is 4.34. The van der Waals surface area contributed by atoms with Gasteiger partial charge in [0.1, 0.15) is 0 Å². The van der Waals surface area contributed by atoms with Gasteiger partial charge in [-0.3, -0.25) is 4.79 Å². The molecule has 0 spiro atoms. The topological polar surface area (TPSA) is 80.9 Å². The van der Waals surface area contributed by atoms with Crippen LogP contribution in [0.25, 0.3) is 10.7 Å². The fourth-order valence-electron chi connectivity index (χ4n) is 1.80. The van der Waals surface area contributed by atoms with Crippen LogP contribution >= 0.6 is 22.9 Å². The standard InChI is InChI=1S/C10H9ClN4O2S/c11-6-1-4-18-7(6)8-12-13-14-15(8)5-10(2-3-10)9(16)17/h1,4H,2-3,5H2,(H,16,17). The van der Waals surface area contributed by atoms with E-state index in [4.69, 9.17) is 11.6 Å². The highest BCUT2D eigenvalue weighted by atomic mass is 35.5. The fourth-order valence-corrected chi connectivity index (χ4v) is 2.93. The normalized spacial score (nSPS) is 16.7. The zero-order valence-corrected chi connectivity index (χ0v) is 10.8. The maximum absolute atomic E-state index is 11.2. The Morgan fingerprint density at radius 1 is 1.61 bits per heavy atom. The van der Waals surface area contributed by atoms with Crippen LogP contribution in [-0.4, -0.2) is 31.3 Å².